The van der Waals surface area contributed by atoms with Crippen molar-refractivity contribution in [3.63, 3.8) is 0 Å². The second-order valence-electron chi connectivity index (χ2n) is 7.58. The predicted octanol–water partition coefficient (Wildman–Crippen LogP) is 3.51. The Morgan fingerprint density at radius 2 is 1.86 bits per heavy atom. The van der Waals surface area contributed by atoms with E-state index in [1.807, 2.05) is 21.6 Å². The van der Waals surface area contributed by atoms with Crippen molar-refractivity contribution in [1.29, 1.82) is 0 Å². The first-order valence-corrected chi connectivity index (χ1v) is 9.42. The van der Waals surface area contributed by atoms with Crippen molar-refractivity contribution in [2.24, 2.45) is 5.92 Å². The molecule has 2 aromatic heterocycles. The summed E-state index contributed by atoms with van der Waals surface area (Å²) in [7, 11) is 0. The summed E-state index contributed by atoms with van der Waals surface area (Å²) in [5.41, 5.74) is 1.98. The summed E-state index contributed by atoms with van der Waals surface area (Å²) in [5, 5.41) is 0. The third kappa shape index (κ3) is 2.76. The molecule has 0 saturated carbocycles. The molecule has 0 aliphatic carbocycles. The summed E-state index contributed by atoms with van der Waals surface area (Å²) in [6.07, 6.45) is 2.53. The lowest BCUT2D eigenvalue weighted by Gasteiger charge is -2.43. The highest BCUT2D eigenvalue weighted by atomic mass is 19.1. The maximum Gasteiger partial charge on any atom is 0.261 e. The number of amides is 1. The third-order valence-corrected chi connectivity index (χ3v) is 5.77. The average molecular weight is 378 g/mol. The van der Waals surface area contributed by atoms with E-state index in [2.05, 4.69) is 0 Å². The second kappa shape index (κ2) is 6.48. The molecule has 2 aliphatic rings. The molecule has 0 radical (unpaired) electrons. The van der Waals surface area contributed by atoms with Crippen LogP contribution in [0, 0.1) is 11.7 Å². The van der Waals surface area contributed by atoms with Gasteiger partial charge in [-0.05, 0) is 60.9 Å². The fourth-order valence-electron chi connectivity index (χ4n) is 4.51. The monoisotopic (exact) mass is 378 g/mol. The maximum atomic E-state index is 13.2. The minimum absolute atomic E-state index is 0.0412. The van der Waals surface area contributed by atoms with Crippen LogP contribution in [-0.2, 0) is 6.54 Å². The molecule has 142 valence electrons. The number of hydrogen-bond acceptors (Lipinski definition) is 3. The van der Waals surface area contributed by atoms with E-state index in [4.69, 9.17) is 4.42 Å². The third-order valence-electron chi connectivity index (χ3n) is 5.77. The quantitative estimate of drug-likeness (QED) is 0.686. The van der Waals surface area contributed by atoms with Crippen LogP contribution in [0.5, 0.6) is 0 Å². The van der Waals surface area contributed by atoms with E-state index >= 15 is 0 Å². The van der Waals surface area contributed by atoms with Crippen molar-refractivity contribution in [2.45, 2.75) is 18.9 Å². The van der Waals surface area contributed by atoms with Crippen LogP contribution in [0.4, 0.5) is 4.39 Å². The highest BCUT2D eigenvalue weighted by molar-refractivity contribution is 5.94. The molecule has 28 heavy (non-hydrogen) atoms. The normalized spacial score (nSPS) is 20.7. The SMILES string of the molecule is O=C(c1ccc(F)cc1)N1CC2CC(C1)c1ccc(-c3ccco3)c(=O)n1C2. The van der Waals surface area contributed by atoms with Crippen LogP contribution in [0.3, 0.4) is 0 Å². The van der Waals surface area contributed by atoms with E-state index in [9.17, 15) is 14.0 Å². The van der Waals surface area contributed by atoms with E-state index in [0.29, 0.717) is 36.5 Å². The number of likely N-dealkylation sites (tertiary alicyclic amines) is 1. The Hall–Kier alpha value is -3.15. The molecule has 4 heterocycles. The number of pyridine rings is 1. The van der Waals surface area contributed by atoms with Gasteiger partial charge in [-0.3, -0.25) is 9.59 Å². The van der Waals surface area contributed by atoms with E-state index < -0.39 is 0 Å². The minimum atomic E-state index is -0.354. The molecular formula is C22H19FN2O3. The number of hydrogen-bond donors (Lipinski definition) is 0. The molecule has 5 rings (SSSR count). The van der Waals surface area contributed by atoms with Gasteiger partial charge in [0.05, 0.1) is 11.8 Å². The fraction of sp³-hybridized carbons (Fsp3) is 0.273. The van der Waals surface area contributed by atoms with E-state index in [0.717, 1.165) is 12.1 Å². The Bertz CT molecular complexity index is 1090. The van der Waals surface area contributed by atoms with Crippen molar-refractivity contribution >= 4 is 5.91 Å². The molecule has 2 unspecified atom stereocenters. The molecule has 1 aromatic carbocycles. The summed E-state index contributed by atoms with van der Waals surface area (Å²) in [6, 6.07) is 13.0. The first kappa shape index (κ1) is 17.0. The number of furan rings is 1. The van der Waals surface area contributed by atoms with Crippen LogP contribution < -0.4 is 5.56 Å². The van der Waals surface area contributed by atoms with Gasteiger partial charge in [0, 0.05) is 36.8 Å². The van der Waals surface area contributed by atoms with Crippen molar-refractivity contribution in [2.75, 3.05) is 13.1 Å². The van der Waals surface area contributed by atoms with Gasteiger partial charge in [-0.1, -0.05) is 0 Å². The van der Waals surface area contributed by atoms with Gasteiger partial charge in [0.25, 0.3) is 11.5 Å². The number of fused-ring (bicyclic) bond motifs is 4. The Morgan fingerprint density at radius 1 is 1.04 bits per heavy atom. The van der Waals surface area contributed by atoms with Crippen LogP contribution in [0.15, 0.2) is 64.0 Å². The van der Waals surface area contributed by atoms with Crippen molar-refractivity contribution in [1.82, 2.24) is 9.47 Å². The Labute approximate surface area is 161 Å². The van der Waals surface area contributed by atoms with Gasteiger partial charge in [0.2, 0.25) is 0 Å². The fourth-order valence-corrected chi connectivity index (χ4v) is 4.51. The predicted molar refractivity (Wildman–Crippen MR) is 102 cm³/mol. The largest absolute Gasteiger partial charge is 0.464 e. The highest BCUT2D eigenvalue weighted by Gasteiger charge is 2.37. The maximum absolute atomic E-state index is 13.2. The zero-order valence-electron chi connectivity index (χ0n) is 15.2. The van der Waals surface area contributed by atoms with Gasteiger partial charge < -0.3 is 13.9 Å². The van der Waals surface area contributed by atoms with Crippen LogP contribution in [0.1, 0.15) is 28.4 Å². The van der Waals surface area contributed by atoms with Crippen LogP contribution in [0.25, 0.3) is 11.3 Å². The number of halogens is 1. The molecule has 2 aliphatic heterocycles. The molecule has 0 N–H and O–H groups in total. The summed E-state index contributed by atoms with van der Waals surface area (Å²) in [4.78, 5) is 27.7. The lowest BCUT2D eigenvalue weighted by atomic mass is 9.82. The van der Waals surface area contributed by atoms with Gasteiger partial charge >= 0.3 is 0 Å². The van der Waals surface area contributed by atoms with Crippen LogP contribution in [-0.4, -0.2) is 28.5 Å². The highest BCUT2D eigenvalue weighted by Crippen LogP contribution is 2.36. The van der Waals surface area contributed by atoms with E-state index in [1.54, 1.807) is 18.4 Å². The number of rotatable bonds is 2. The summed E-state index contributed by atoms with van der Waals surface area (Å²) in [5.74, 6) is 0.477. The van der Waals surface area contributed by atoms with Gasteiger partial charge in [-0.2, -0.15) is 0 Å². The summed E-state index contributed by atoms with van der Waals surface area (Å²) in [6.45, 7) is 1.75. The molecule has 3 aromatic rings. The van der Waals surface area contributed by atoms with Gasteiger partial charge in [0.1, 0.15) is 11.6 Å². The lowest BCUT2D eigenvalue weighted by molar-refractivity contribution is 0.0594. The molecule has 6 heteroatoms. The number of carbonyl (C=O) groups is 1. The van der Waals surface area contributed by atoms with Crippen LogP contribution in [0.2, 0.25) is 0 Å². The second-order valence-corrected chi connectivity index (χ2v) is 7.58. The molecule has 1 saturated heterocycles. The number of nitrogens with zero attached hydrogens (tertiary/aromatic N) is 2. The summed E-state index contributed by atoms with van der Waals surface area (Å²) >= 11 is 0. The first-order chi connectivity index (χ1) is 13.6. The first-order valence-electron chi connectivity index (χ1n) is 9.42. The zero-order chi connectivity index (χ0) is 19.3. The molecule has 1 fully saturated rings. The van der Waals surface area contributed by atoms with Crippen molar-refractivity contribution in [3.8, 4) is 11.3 Å². The smallest absolute Gasteiger partial charge is 0.261 e. The topological polar surface area (TPSA) is 55.5 Å². The van der Waals surface area contributed by atoms with E-state index in [-0.39, 0.29) is 29.1 Å². The van der Waals surface area contributed by atoms with Crippen molar-refractivity contribution in [3.05, 3.63) is 82.2 Å². The number of carbonyl (C=O) groups excluding carboxylic acids is 1. The molecule has 5 nitrogen and oxygen atoms in total. The number of aromatic nitrogens is 1. The Balaban J connectivity index is 1.45. The van der Waals surface area contributed by atoms with Crippen molar-refractivity contribution < 1.29 is 13.6 Å². The molecule has 2 bridgehead atoms. The molecule has 0 spiro atoms. The standard InChI is InChI=1S/C22H19FN2O3/c23-17-5-3-15(4-6-17)21(26)24-11-14-10-16(13-24)19-8-7-18(20-2-1-9-28-20)22(27)25(19)12-14/h1-9,14,16H,10-13H2. The van der Waals surface area contributed by atoms with Gasteiger partial charge in [0.15, 0.2) is 0 Å². The number of piperidine rings is 1. The van der Waals surface area contributed by atoms with Gasteiger partial charge in [-0.15, -0.1) is 0 Å². The molecule has 2 atom stereocenters. The van der Waals surface area contributed by atoms with Gasteiger partial charge in [-0.25, -0.2) is 4.39 Å². The zero-order valence-corrected chi connectivity index (χ0v) is 15.2. The molecule has 1 amide bonds. The Morgan fingerprint density at radius 3 is 2.61 bits per heavy atom. The number of benzene rings is 1. The Kier molecular flexibility index (Phi) is 3.93. The molecular weight excluding hydrogens is 359 g/mol. The summed E-state index contributed by atoms with van der Waals surface area (Å²) < 4.78 is 20.4. The van der Waals surface area contributed by atoms with E-state index in [1.165, 1.54) is 24.3 Å². The van der Waals surface area contributed by atoms with Crippen LogP contribution >= 0.6 is 0 Å². The average Bonchev–Trinajstić information content (AvgIpc) is 3.23. The minimum Gasteiger partial charge on any atom is -0.464 e. The lowest BCUT2D eigenvalue weighted by Crippen LogP contribution is -2.49.